The lowest BCUT2D eigenvalue weighted by atomic mass is 9.65. The van der Waals surface area contributed by atoms with Crippen LogP contribution in [0.2, 0.25) is 0 Å². The third-order valence-corrected chi connectivity index (χ3v) is 10.6. The number of carboxylic acid groups (broad SMARTS) is 2. The van der Waals surface area contributed by atoms with Crippen molar-refractivity contribution < 1.29 is 38.9 Å². The summed E-state index contributed by atoms with van der Waals surface area (Å²) in [5.74, 6) is -9.73. The van der Waals surface area contributed by atoms with Gasteiger partial charge in [-0.05, 0) is 41.1 Å². The van der Waals surface area contributed by atoms with Crippen LogP contribution in [0.5, 0.6) is 11.5 Å². The predicted molar refractivity (Wildman–Crippen MR) is 146 cm³/mol. The molecule has 2 heterocycles. The Morgan fingerprint density at radius 1 is 0.707 bits per heavy atom. The van der Waals surface area contributed by atoms with Crippen LogP contribution in [0.15, 0.2) is 66.8 Å². The number of allylic oxidation sites excluding steroid dienone is 4. The van der Waals surface area contributed by atoms with E-state index in [4.69, 9.17) is 9.47 Å². The Hall–Kier alpha value is -4.46. The van der Waals surface area contributed by atoms with E-state index in [0.717, 1.165) is 5.56 Å². The average Bonchev–Trinajstić information content (AvgIpc) is 3.70. The molecular weight excluding hydrogens is 524 g/mol. The zero-order chi connectivity index (χ0) is 28.4. The van der Waals surface area contributed by atoms with Crippen molar-refractivity contribution in [2.75, 3.05) is 0 Å². The third kappa shape index (κ3) is 2.75. The topological polar surface area (TPSA) is 127 Å². The van der Waals surface area contributed by atoms with Gasteiger partial charge in [-0.1, -0.05) is 73.7 Å². The van der Waals surface area contributed by atoms with E-state index >= 15 is 0 Å². The van der Waals surface area contributed by atoms with Crippen LogP contribution in [0.25, 0.3) is 21.5 Å². The highest BCUT2D eigenvalue weighted by Gasteiger charge is 2.78. The van der Waals surface area contributed by atoms with E-state index in [1.165, 1.54) is 0 Å². The third-order valence-electron chi connectivity index (χ3n) is 10.6. The largest absolute Gasteiger partial charge is 0.481 e. The Morgan fingerprint density at radius 3 is 1.73 bits per heavy atom. The number of aliphatic carboxylic acids is 2. The van der Waals surface area contributed by atoms with Crippen molar-refractivity contribution in [1.82, 2.24) is 0 Å². The first-order valence-electron chi connectivity index (χ1n) is 14.0. The van der Waals surface area contributed by atoms with E-state index in [0.29, 0.717) is 39.5 Å². The zero-order valence-corrected chi connectivity index (χ0v) is 22.0. The van der Waals surface area contributed by atoms with Crippen LogP contribution in [0.4, 0.5) is 0 Å². The van der Waals surface area contributed by atoms with Crippen LogP contribution in [0, 0.1) is 52.8 Å². The minimum absolute atomic E-state index is 0.301. The molecule has 41 heavy (non-hydrogen) atoms. The number of fused-ring (bicyclic) bond motifs is 2. The van der Waals surface area contributed by atoms with Crippen molar-refractivity contribution in [3.8, 4) is 11.5 Å². The van der Waals surface area contributed by atoms with Crippen molar-refractivity contribution >= 4 is 45.4 Å². The number of esters is 2. The minimum Gasteiger partial charge on any atom is -0.481 e. The maximum atomic E-state index is 14.3. The van der Waals surface area contributed by atoms with E-state index in [1.54, 1.807) is 30.3 Å². The molecule has 206 valence electrons. The van der Waals surface area contributed by atoms with Crippen LogP contribution >= 0.6 is 0 Å². The van der Waals surface area contributed by atoms with Crippen LogP contribution in [0.1, 0.15) is 12.5 Å². The monoisotopic (exact) mass is 550 g/mol. The summed E-state index contributed by atoms with van der Waals surface area (Å²) in [4.78, 5) is 54.2. The Morgan fingerprint density at radius 2 is 1.20 bits per heavy atom. The number of hydrogen-bond donors (Lipinski definition) is 2. The second kappa shape index (κ2) is 8.06. The van der Waals surface area contributed by atoms with Gasteiger partial charge in [-0.2, -0.15) is 0 Å². The average molecular weight is 551 g/mol. The van der Waals surface area contributed by atoms with Crippen LogP contribution in [0.3, 0.4) is 0 Å². The second-order valence-corrected chi connectivity index (χ2v) is 11.9. The molecule has 2 fully saturated rings. The van der Waals surface area contributed by atoms with Gasteiger partial charge in [-0.15, -0.1) is 0 Å². The highest BCUT2D eigenvalue weighted by molar-refractivity contribution is 6.14. The molecule has 0 saturated heterocycles. The molecule has 8 nitrogen and oxygen atoms in total. The van der Waals surface area contributed by atoms with Gasteiger partial charge in [-0.3, -0.25) is 19.2 Å². The Kier molecular flexibility index (Phi) is 4.78. The molecule has 2 aliphatic heterocycles. The summed E-state index contributed by atoms with van der Waals surface area (Å²) in [6, 6.07) is 12.7. The highest BCUT2D eigenvalue weighted by Crippen LogP contribution is 2.76. The number of carbonyl (C=O) groups is 4. The fourth-order valence-corrected chi connectivity index (χ4v) is 9.36. The second-order valence-electron chi connectivity index (χ2n) is 11.9. The molecular formula is C33H26O8. The lowest BCUT2D eigenvalue weighted by Crippen LogP contribution is -2.38. The Balaban J connectivity index is 1.47. The number of carboxylic acids is 2. The van der Waals surface area contributed by atoms with E-state index < -0.39 is 76.6 Å². The SMILES string of the molecule is CCc1cccc2c3c4ccccc4c(c12)OC(=O)C1C(C(=O)O)C2C=CC1C21C2C=CC1C(C(=O)O3)C2C(=O)O. The van der Waals surface area contributed by atoms with Crippen molar-refractivity contribution in [1.29, 1.82) is 0 Å². The normalized spacial score (nSPS) is 35.8. The molecule has 9 atom stereocenters. The molecule has 9 bridgehead atoms. The fraction of sp³-hybridized carbons (Fsp3) is 0.333. The molecule has 1 spiro atoms. The standard InChI is InChI=1S/C33H26O8/c1-2-14-6-5-9-17-22(14)28-16-8-4-3-7-15(16)27(17)40-31(38)25-20-12-10-18(23(25)29(34)35)33(20)19-11-13-21(33)26(32(39)41-28)24(19)30(36)37/h3-13,18-21,23-26H,2H2,1H3,(H,34,35)(H,36,37). The summed E-state index contributed by atoms with van der Waals surface area (Å²) in [5.41, 5.74) is -0.0647. The van der Waals surface area contributed by atoms with E-state index in [9.17, 15) is 29.4 Å². The van der Waals surface area contributed by atoms with Crippen molar-refractivity contribution in [2.45, 2.75) is 13.3 Å². The van der Waals surface area contributed by atoms with E-state index in [2.05, 4.69) is 0 Å². The molecule has 3 aromatic carbocycles. The number of ether oxygens (including phenoxy) is 2. The van der Waals surface area contributed by atoms with E-state index in [1.807, 2.05) is 43.4 Å². The highest BCUT2D eigenvalue weighted by atomic mass is 16.5. The number of hydrogen-bond acceptors (Lipinski definition) is 6. The van der Waals surface area contributed by atoms with Gasteiger partial charge >= 0.3 is 23.9 Å². The number of rotatable bonds is 3. The first kappa shape index (κ1) is 24.3. The van der Waals surface area contributed by atoms with Crippen molar-refractivity contribution in [3.05, 3.63) is 72.3 Å². The van der Waals surface area contributed by atoms with E-state index in [-0.39, 0.29) is 0 Å². The molecule has 2 saturated carbocycles. The Labute approximate surface area is 234 Å². The summed E-state index contributed by atoms with van der Waals surface area (Å²) < 4.78 is 12.5. The molecule has 9 unspecified atom stereocenters. The first-order valence-corrected chi connectivity index (χ1v) is 14.0. The molecule has 8 heteroatoms. The number of aryl methyl sites for hydroxylation is 1. The summed E-state index contributed by atoms with van der Waals surface area (Å²) in [5, 5.41) is 23.2. The van der Waals surface area contributed by atoms with Crippen molar-refractivity contribution in [2.24, 2.45) is 52.8 Å². The Bertz CT molecular complexity index is 1800. The summed E-state index contributed by atoms with van der Waals surface area (Å²) >= 11 is 0. The lowest BCUT2D eigenvalue weighted by Gasteiger charge is -2.37. The summed E-state index contributed by atoms with van der Waals surface area (Å²) in [6.07, 6.45) is 7.93. The van der Waals surface area contributed by atoms with Crippen LogP contribution in [-0.4, -0.2) is 34.1 Å². The fourth-order valence-electron chi connectivity index (χ4n) is 9.36. The number of carbonyl (C=O) groups excluding carboxylic acids is 2. The molecule has 4 aliphatic carbocycles. The minimum atomic E-state index is -1.13. The molecule has 9 rings (SSSR count). The predicted octanol–water partition coefficient (Wildman–Crippen LogP) is 4.63. The van der Waals surface area contributed by atoms with Gasteiger partial charge in [-0.25, -0.2) is 0 Å². The van der Waals surface area contributed by atoms with Gasteiger partial charge < -0.3 is 19.7 Å². The first-order chi connectivity index (χ1) is 19.8. The lowest BCUT2D eigenvalue weighted by molar-refractivity contribution is -0.152. The summed E-state index contributed by atoms with van der Waals surface area (Å²) in [6.45, 7) is 1.97. The molecule has 0 aromatic heterocycles. The van der Waals surface area contributed by atoms with Crippen LogP contribution < -0.4 is 9.47 Å². The smallest absolute Gasteiger partial charge is 0.315 e. The zero-order valence-electron chi connectivity index (χ0n) is 22.0. The summed E-state index contributed by atoms with van der Waals surface area (Å²) in [7, 11) is 0. The molecule has 3 aromatic rings. The number of benzene rings is 3. The quantitative estimate of drug-likeness (QED) is 0.209. The van der Waals surface area contributed by atoms with Gasteiger partial charge in [0.2, 0.25) is 0 Å². The van der Waals surface area contributed by atoms with Crippen molar-refractivity contribution in [3.63, 3.8) is 0 Å². The molecule has 2 N–H and O–H groups in total. The van der Waals surface area contributed by atoms with Gasteiger partial charge in [0.25, 0.3) is 0 Å². The van der Waals surface area contributed by atoms with Gasteiger partial charge in [0.1, 0.15) is 11.5 Å². The van der Waals surface area contributed by atoms with Crippen LogP contribution in [-0.2, 0) is 25.6 Å². The maximum absolute atomic E-state index is 14.3. The molecule has 0 radical (unpaired) electrons. The van der Waals surface area contributed by atoms with Gasteiger partial charge in [0, 0.05) is 21.5 Å². The van der Waals surface area contributed by atoms with Gasteiger partial charge in [0.15, 0.2) is 0 Å². The maximum Gasteiger partial charge on any atom is 0.315 e. The van der Waals surface area contributed by atoms with Gasteiger partial charge in [0.05, 0.1) is 23.7 Å². The molecule has 6 aliphatic rings. The molecule has 0 amide bonds.